The van der Waals surface area contributed by atoms with E-state index in [1.807, 2.05) is 6.92 Å². The van der Waals surface area contributed by atoms with Crippen molar-refractivity contribution in [2.75, 3.05) is 5.73 Å². The Balaban J connectivity index is 1.48. The predicted molar refractivity (Wildman–Crippen MR) is 70.3 cm³/mol. The minimum atomic E-state index is 0.0282. The zero-order chi connectivity index (χ0) is 12.4. The predicted octanol–water partition coefficient (Wildman–Crippen LogP) is 1.81. The molecule has 1 aromatic heterocycles. The maximum atomic E-state index is 12.2. The van der Waals surface area contributed by atoms with Crippen LogP contribution in [0.25, 0.3) is 0 Å². The molecule has 1 amide bonds. The van der Waals surface area contributed by atoms with Crippen LogP contribution in [0.15, 0.2) is 0 Å². The number of hydrogen-bond acceptors (Lipinski definition) is 4. The summed E-state index contributed by atoms with van der Waals surface area (Å²) in [6.07, 6.45) is 4.17. The Morgan fingerprint density at radius 3 is 2.61 bits per heavy atom. The molecule has 3 N–H and O–H groups in total. The second-order valence-electron chi connectivity index (χ2n) is 5.95. The second-order valence-corrected chi connectivity index (χ2v) is 6.98. The molecule has 5 heteroatoms. The Labute approximate surface area is 110 Å². The topological polar surface area (TPSA) is 68.0 Å². The van der Waals surface area contributed by atoms with Crippen LogP contribution in [0.4, 0.5) is 5.13 Å². The SMILES string of the molecule is Cc1nc(N)sc1C(=O)NC1C2C3CCC(C3)C12. The van der Waals surface area contributed by atoms with Gasteiger partial charge in [0.2, 0.25) is 0 Å². The van der Waals surface area contributed by atoms with Gasteiger partial charge in [0.15, 0.2) is 5.13 Å². The summed E-state index contributed by atoms with van der Waals surface area (Å²) in [5, 5.41) is 3.68. The second kappa shape index (κ2) is 3.47. The highest BCUT2D eigenvalue weighted by molar-refractivity contribution is 7.17. The number of anilines is 1. The maximum absolute atomic E-state index is 12.2. The minimum absolute atomic E-state index is 0.0282. The van der Waals surface area contributed by atoms with Gasteiger partial charge in [-0.2, -0.15) is 0 Å². The molecule has 4 atom stereocenters. The number of nitrogens with one attached hydrogen (secondary N) is 1. The number of amides is 1. The number of hydrogen-bond donors (Lipinski definition) is 2. The summed E-state index contributed by atoms with van der Waals surface area (Å²) >= 11 is 1.29. The quantitative estimate of drug-likeness (QED) is 0.855. The van der Waals surface area contributed by atoms with Crippen LogP contribution in [0.2, 0.25) is 0 Å². The van der Waals surface area contributed by atoms with E-state index in [-0.39, 0.29) is 5.91 Å². The average Bonchev–Trinajstić information content (AvgIpc) is 2.70. The maximum Gasteiger partial charge on any atom is 0.263 e. The number of nitrogen functional groups attached to an aromatic ring is 1. The summed E-state index contributed by atoms with van der Waals surface area (Å²) in [7, 11) is 0. The van der Waals surface area contributed by atoms with Gasteiger partial charge < -0.3 is 11.1 Å². The standard InChI is InChI=1S/C13H17N3OS/c1-5-11(18-13(14)15-5)12(17)16-10-8-6-2-3-7(4-6)9(8)10/h6-10H,2-4H2,1H3,(H2,14,15)(H,16,17). The van der Waals surface area contributed by atoms with Gasteiger partial charge in [-0.25, -0.2) is 4.98 Å². The minimum Gasteiger partial charge on any atom is -0.375 e. The average molecular weight is 263 g/mol. The molecule has 0 aromatic carbocycles. The summed E-state index contributed by atoms with van der Waals surface area (Å²) < 4.78 is 0. The highest BCUT2D eigenvalue weighted by Crippen LogP contribution is 2.65. The normalized spacial score (nSPS) is 39.7. The van der Waals surface area contributed by atoms with Gasteiger partial charge in [-0.05, 0) is 49.9 Å². The molecule has 96 valence electrons. The van der Waals surface area contributed by atoms with Crippen LogP contribution in [-0.4, -0.2) is 16.9 Å². The summed E-state index contributed by atoms with van der Waals surface area (Å²) in [6, 6.07) is 0.437. The molecule has 1 heterocycles. The molecule has 4 rings (SSSR count). The van der Waals surface area contributed by atoms with Crippen molar-refractivity contribution in [1.82, 2.24) is 10.3 Å². The molecule has 3 aliphatic rings. The van der Waals surface area contributed by atoms with E-state index in [9.17, 15) is 4.79 Å². The first kappa shape index (κ1) is 10.8. The van der Waals surface area contributed by atoms with Gasteiger partial charge in [0, 0.05) is 6.04 Å². The largest absolute Gasteiger partial charge is 0.375 e. The highest BCUT2D eigenvalue weighted by Gasteiger charge is 2.65. The molecule has 3 saturated carbocycles. The summed E-state index contributed by atoms with van der Waals surface area (Å²) in [5.41, 5.74) is 6.39. The molecule has 3 fully saturated rings. The number of fused-ring (bicyclic) bond motifs is 5. The molecule has 0 aliphatic heterocycles. The zero-order valence-electron chi connectivity index (χ0n) is 10.3. The molecular weight excluding hydrogens is 246 g/mol. The fourth-order valence-electron chi connectivity index (χ4n) is 4.36. The first-order valence-corrected chi connectivity index (χ1v) is 7.50. The van der Waals surface area contributed by atoms with Gasteiger partial charge in [-0.15, -0.1) is 0 Å². The number of carbonyl (C=O) groups excluding carboxylic acids is 1. The molecule has 4 nitrogen and oxygen atoms in total. The summed E-state index contributed by atoms with van der Waals surface area (Å²) in [4.78, 5) is 17.0. The number of nitrogens with zero attached hydrogens (tertiary/aromatic N) is 1. The van der Waals surface area contributed by atoms with Gasteiger partial charge >= 0.3 is 0 Å². The first-order chi connectivity index (χ1) is 8.65. The lowest BCUT2D eigenvalue weighted by Crippen LogP contribution is -2.29. The Morgan fingerprint density at radius 2 is 2.06 bits per heavy atom. The van der Waals surface area contributed by atoms with Crippen molar-refractivity contribution in [3.05, 3.63) is 10.6 Å². The molecule has 3 aliphatic carbocycles. The van der Waals surface area contributed by atoms with E-state index in [4.69, 9.17) is 5.73 Å². The third-order valence-corrected chi connectivity index (χ3v) is 6.04. The van der Waals surface area contributed by atoms with Crippen LogP contribution in [0.3, 0.4) is 0 Å². The fraction of sp³-hybridized carbons (Fsp3) is 0.692. The number of nitrogens with two attached hydrogens (primary N) is 1. The van der Waals surface area contributed by atoms with Crippen molar-refractivity contribution >= 4 is 22.4 Å². The molecule has 1 aromatic rings. The monoisotopic (exact) mass is 263 g/mol. The smallest absolute Gasteiger partial charge is 0.263 e. The van der Waals surface area contributed by atoms with Crippen LogP contribution in [0.5, 0.6) is 0 Å². The third-order valence-electron chi connectivity index (χ3n) is 5.05. The van der Waals surface area contributed by atoms with E-state index in [0.717, 1.165) is 29.4 Å². The number of aryl methyl sites for hydroxylation is 1. The van der Waals surface area contributed by atoms with Crippen molar-refractivity contribution in [1.29, 1.82) is 0 Å². The van der Waals surface area contributed by atoms with E-state index >= 15 is 0 Å². The van der Waals surface area contributed by atoms with E-state index in [2.05, 4.69) is 10.3 Å². The number of rotatable bonds is 2. The molecule has 18 heavy (non-hydrogen) atoms. The summed E-state index contributed by atoms with van der Waals surface area (Å²) in [5.74, 6) is 3.35. The van der Waals surface area contributed by atoms with Crippen molar-refractivity contribution in [3.8, 4) is 0 Å². The van der Waals surface area contributed by atoms with E-state index < -0.39 is 0 Å². The van der Waals surface area contributed by atoms with Gasteiger partial charge in [0.05, 0.1) is 5.69 Å². The Hall–Kier alpha value is -1.10. The van der Waals surface area contributed by atoms with Gasteiger partial charge in [0.1, 0.15) is 4.88 Å². The summed E-state index contributed by atoms with van der Waals surface area (Å²) in [6.45, 7) is 1.85. The Kier molecular flexibility index (Phi) is 2.08. The molecule has 0 spiro atoms. The molecule has 0 radical (unpaired) electrons. The highest BCUT2D eigenvalue weighted by atomic mass is 32.1. The van der Waals surface area contributed by atoms with Crippen LogP contribution < -0.4 is 11.1 Å². The van der Waals surface area contributed by atoms with E-state index in [1.165, 1.54) is 30.6 Å². The van der Waals surface area contributed by atoms with Crippen molar-refractivity contribution in [3.63, 3.8) is 0 Å². The lowest BCUT2D eigenvalue weighted by Gasteiger charge is -2.09. The van der Waals surface area contributed by atoms with Crippen molar-refractivity contribution in [2.45, 2.75) is 32.2 Å². The van der Waals surface area contributed by atoms with Crippen LogP contribution >= 0.6 is 11.3 Å². The lowest BCUT2D eigenvalue weighted by molar-refractivity contribution is 0.0947. The van der Waals surface area contributed by atoms with Crippen molar-refractivity contribution < 1.29 is 4.79 Å². The Bertz CT molecular complexity index is 510. The number of carbonyl (C=O) groups is 1. The lowest BCUT2D eigenvalue weighted by atomic mass is 10.0. The van der Waals surface area contributed by atoms with Gasteiger partial charge in [0.25, 0.3) is 5.91 Å². The van der Waals surface area contributed by atoms with Crippen LogP contribution in [-0.2, 0) is 0 Å². The van der Waals surface area contributed by atoms with Gasteiger partial charge in [-0.1, -0.05) is 11.3 Å². The van der Waals surface area contributed by atoms with Gasteiger partial charge in [-0.3, -0.25) is 4.79 Å². The number of thiazole rings is 1. The molecular formula is C13H17N3OS. The van der Waals surface area contributed by atoms with E-state index in [1.54, 1.807) is 0 Å². The number of aromatic nitrogens is 1. The third kappa shape index (κ3) is 1.37. The first-order valence-electron chi connectivity index (χ1n) is 6.69. The van der Waals surface area contributed by atoms with Crippen molar-refractivity contribution in [2.24, 2.45) is 23.7 Å². The fourth-order valence-corrected chi connectivity index (χ4v) is 5.10. The Morgan fingerprint density at radius 1 is 1.39 bits per heavy atom. The molecule has 4 unspecified atom stereocenters. The van der Waals surface area contributed by atoms with E-state index in [0.29, 0.717) is 16.1 Å². The molecule has 0 saturated heterocycles. The van der Waals surface area contributed by atoms with Crippen LogP contribution in [0, 0.1) is 30.6 Å². The molecule has 2 bridgehead atoms. The van der Waals surface area contributed by atoms with Crippen LogP contribution in [0.1, 0.15) is 34.6 Å². The zero-order valence-corrected chi connectivity index (χ0v) is 11.2.